The largest absolute Gasteiger partial charge is 0.394 e. The Labute approximate surface area is 116 Å². The van der Waals surface area contributed by atoms with Crippen molar-refractivity contribution >= 4 is 6.03 Å². The van der Waals surface area contributed by atoms with Gasteiger partial charge in [0, 0.05) is 19.2 Å². The molecule has 0 aromatic heterocycles. The zero-order valence-electron chi connectivity index (χ0n) is 12.0. The standard InChI is InChI=1S/C14H28N2O3/c1-2-12-5-3-6-13(11-12)16-14(18)15-7-4-9-19-10-8-17/h12-13,17H,2-11H2,1H3,(H2,15,16,18). The summed E-state index contributed by atoms with van der Waals surface area (Å²) in [6, 6.07) is 0.272. The van der Waals surface area contributed by atoms with Crippen LogP contribution in [-0.2, 0) is 4.74 Å². The lowest BCUT2D eigenvalue weighted by atomic mass is 9.84. The second-order valence-electron chi connectivity index (χ2n) is 5.23. The van der Waals surface area contributed by atoms with E-state index in [9.17, 15) is 4.79 Å². The number of rotatable bonds is 8. The normalized spacial score (nSPS) is 23.1. The molecular formula is C14H28N2O3. The van der Waals surface area contributed by atoms with Gasteiger partial charge in [-0.05, 0) is 25.2 Å². The molecule has 3 N–H and O–H groups in total. The molecule has 1 aliphatic carbocycles. The molecule has 0 saturated heterocycles. The van der Waals surface area contributed by atoms with Gasteiger partial charge in [-0.1, -0.05) is 26.2 Å². The van der Waals surface area contributed by atoms with Crippen molar-refractivity contribution in [3.05, 3.63) is 0 Å². The SMILES string of the molecule is CCC1CCCC(NC(=O)NCCCOCCO)C1. The summed E-state index contributed by atoms with van der Waals surface area (Å²) in [7, 11) is 0. The fraction of sp³-hybridized carbons (Fsp3) is 0.929. The molecule has 112 valence electrons. The highest BCUT2D eigenvalue weighted by atomic mass is 16.5. The van der Waals surface area contributed by atoms with Gasteiger partial charge in [-0.15, -0.1) is 0 Å². The quantitative estimate of drug-likeness (QED) is 0.588. The van der Waals surface area contributed by atoms with Crippen molar-refractivity contribution in [2.75, 3.05) is 26.4 Å². The number of urea groups is 1. The van der Waals surface area contributed by atoms with Crippen LogP contribution in [0.5, 0.6) is 0 Å². The van der Waals surface area contributed by atoms with E-state index in [2.05, 4.69) is 17.6 Å². The number of carbonyl (C=O) groups excluding carboxylic acids is 1. The van der Waals surface area contributed by atoms with E-state index in [1.165, 1.54) is 19.3 Å². The third kappa shape index (κ3) is 7.38. The van der Waals surface area contributed by atoms with Crippen molar-refractivity contribution in [2.45, 2.75) is 51.5 Å². The first-order chi connectivity index (χ1) is 9.26. The topological polar surface area (TPSA) is 70.6 Å². The molecular weight excluding hydrogens is 244 g/mol. The minimum atomic E-state index is -0.0658. The molecule has 1 saturated carbocycles. The van der Waals surface area contributed by atoms with E-state index in [-0.39, 0.29) is 12.6 Å². The van der Waals surface area contributed by atoms with Crippen LogP contribution in [0, 0.1) is 5.92 Å². The molecule has 1 fully saturated rings. The summed E-state index contributed by atoms with van der Waals surface area (Å²) in [5.74, 6) is 0.769. The molecule has 2 amide bonds. The number of amides is 2. The third-order valence-corrected chi connectivity index (χ3v) is 3.68. The molecule has 5 nitrogen and oxygen atoms in total. The number of hydrogen-bond donors (Lipinski definition) is 3. The zero-order chi connectivity index (χ0) is 13.9. The lowest BCUT2D eigenvalue weighted by molar-refractivity contribution is 0.0909. The molecule has 0 radical (unpaired) electrons. The maximum atomic E-state index is 11.7. The Hall–Kier alpha value is -0.810. The van der Waals surface area contributed by atoms with Gasteiger partial charge in [-0.25, -0.2) is 4.79 Å². The average Bonchev–Trinajstić information content (AvgIpc) is 2.43. The molecule has 0 heterocycles. The van der Waals surface area contributed by atoms with Gasteiger partial charge >= 0.3 is 6.03 Å². The van der Waals surface area contributed by atoms with Crippen LogP contribution in [0.4, 0.5) is 4.79 Å². The molecule has 0 aromatic rings. The highest BCUT2D eigenvalue weighted by Gasteiger charge is 2.21. The minimum absolute atomic E-state index is 0.0498. The lowest BCUT2D eigenvalue weighted by Gasteiger charge is -2.29. The highest BCUT2D eigenvalue weighted by Crippen LogP contribution is 2.26. The Bertz CT molecular complexity index is 249. The van der Waals surface area contributed by atoms with Crippen LogP contribution < -0.4 is 10.6 Å². The van der Waals surface area contributed by atoms with Gasteiger partial charge < -0.3 is 20.5 Å². The first-order valence-electron chi connectivity index (χ1n) is 7.49. The third-order valence-electron chi connectivity index (χ3n) is 3.68. The predicted octanol–water partition coefficient (Wildman–Crippen LogP) is 1.65. The van der Waals surface area contributed by atoms with E-state index >= 15 is 0 Å². The second kappa shape index (κ2) is 10.0. The Balaban J connectivity index is 2.03. The van der Waals surface area contributed by atoms with Crippen LogP contribution in [0.3, 0.4) is 0 Å². The van der Waals surface area contributed by atoms with Crippen molar-refractivity contribution in [1.29, 1.82) is 0 Å². The molecule has 5 heteroatoms. The second-order valence-corrected chi connectivity index (χ2v) is 5.23. The smallest absolute Gasteiger partial charge is 0.315 e. The minimum Gasteiger partial charge on any atom is -0.394 e. The lowest BCUT2D eigenvalue weighted by Crippen LogP contribution is -2.44. The number of nitrogens with one attached hydrogen (secondary N) is 2. The van der Waals surface area contributed by atoms with E-state index in [0.717, 1.165) is 25.2 Å². The zero-order valence-corrected chi connectivity index (χ0v) is 12.0. The molecule has 0 aliphatic heterocycles. The van der Waals surface area contributed by atoms with Crippen molar-refractivity contribution in [2.24, 2.45) is 5.92 Å². The van der Waals surface area contributed by atoms with Gasteiger partial charge in [0.2, 0.25) is 0 Å². The molecule has 1 aliphatic rings. The summed E-state index contributed by atoms with van der Waals surface area (Å²) < 4.78 is 5.12. The van der Waals surface area contributed by atoms with E-state index in [1.54, 1.807) is 0 Å². The Kier molecular flexibility index (Phi) is 8.58. The van der Waals surface area contributed by atoms with Crippen LogP contribution in [0.1, 0.15) is 45.4 Å². The molecule has 2 atom stereocenters. The Morgan fingerprint density at radius 2 is 2.21 bits per heavy atom. The fourth-order valence-electron chi connectivity index (χ4n) is 2.57. The predicted molar refractivity (Wildman–Crippen MR) is 75.1 cm³/mol. The van der Waals surface area contributed by atoms with Crippen molar-refractivity contribution in [3.63, 3.8) is 0 Å². The van der Waals surface area contributed by atoms with Crippen LogP contribution >= 0.6 is 0 Å². The summed E-state index contributed by atoms with van der Waals surface area (Å²) in [6.45, 7) is 3.82. The van der Waals surface area contributed by atoms with Crippen LogP contribution in [-0.4, -0.2) is 43.5 Å². The number of aliphatic hydroxyl groups excluding tert-OH is 1. The van der Waals surface area contributed by atoms with E-state index in [4.69, 9.17) is 9.84 Å². The number of hydrogen-bond acceptors (Lipinski definition) is 3. The van der Waals surface area contributed by atoms with Gasteiger partial charge in [-0.3, -0.25) is 0 Å². The first-order valence-corrected chi connectivity index (χ1v) is 7.49. The van der Waals surface area contributed by atoms with Crippen LogP contribution in [0.2, 0.25) is 0 Å². The van der Waals surface area contributed by atoms with Crippen molar-refractivity contribution < 1.29 is 14.6 Å². The highest BCUT2D eigenvalue weighted by molar-refractivity contribution is 5.74. The summed E-state index contributed by atoms with van der Waals surface area (Å²) >= 11 is 0. The Morgan fingerprint density at radius 1 is 1.37 bits per heavy atom. The molecule has 19 heavy (non-hydrogen) atoms. The number of ether oxygens (including phenoxy) is 1. The van der Waals surface area contributed by atoms with E-state index in [0.29, 0.717) is 25.8 Å². The molecule has 1 rings (SSSR count). The molecule has 0 spiro atoms. The Morgan fingerprint density at radius 3 is 2.95 bits per heavy atom. The number of carbonyl (C=O) groups is 1. The summed E-state index contributed by atoms with van der Waals surface area (Å²) in [4.78, 5) is 11.7. The fourth-order valence-corrected chi connectivity index (χ4v) is 2.57. The van der Waals surface area contributed by atoms with Gasteiger partial charge in [0.1, 0.15) is 0 Å². The average molecular weight is 272 g/mol. The monoisotopic (exact) mass is 272 g/mol. The van der Waals surface area contributed by atoms with Crippen molar-refractivity contribution in [3.8, 4) is 0 Å². The maximum Gasteiger partial charge on any atom is 0.315 e. The number of aliphatic hydroxyl groups is 1. The maximum absolute atomic E-state index is 11.7. The van der Waals surface area contributed by atoms with Gasteiger partial charge in [0.25, 0.3) is 0 Å². The summed E-state index contributed by atoms with van der Waals surface area (Å²) in [6.07, 6.45) is 6.72. The first kappa shape index (κ1) is 16.2. The van der Waals surface area contributed by atoms with Gasteiger partial charge in [-0.2, -0.15) is 0 Å². The molecule has 0 bridgehead atoms. The van der Waals surface area contributed by atoms with E-state index < -0.39 is 0 Å². The van der Waals surface area contributed by atoms with Crippen molar-refractivity contribution in [1.82, 2.24) is 10.6 Å². The van der Waals surface area contributed by atoms with Crippen LogP contribution in [0.15, 0.2) is 0 Å². The van der Waals surface area contributed by atoms with Crippen LogP contribution in [0.25, 0.3) is 0 Å². The summed E-state index contributed by atoms with van der Waals surface area (Å²) in [5.41, 5.74) is 0. The van der Waals surface area contributed by atoms with Gasteiger partial charge in [0.05, 0.1) is 13.2 Å². The molecule has 2 unspecified atom stereocenters. The molecule has 0 aromatic carbocycles. The van der Waals surface area contributed by atoms with Gasteiger partial charge in [0.15, 0.2) is 0 Å². The summed E-state index contributed by atoms with van der Waals surface area (Å²) in [5, 5.41) is 14.4. The van der Waals surface area contributed by atoms with E-state index in [1.807, 2.05) is 0 Å².